The highest BCUT2D eigenvalue weighted by atomic mass is 31.2. The van der Waals surface area contributed by atoms with Crippen molar-refractivity contribution in [1.82, 2.24) is 0 Å². The highest BCUT2D eigenvalue weighted by Gasteiger charge is 2.57. The van der Waals surface area contributed by atoms with Crippen LogP contribution in [0.15, 0.2) is 36.4 Å². The van der Waals surface area contributed by atoms with E-state index in [1.165, 1.54) is 0 Å². The molecule has 0 atom stereocenters. The number of rotatable bonds is 4. The summed E-state index contributed by atoms with van der Waals surface area (Å²) in [6, 6.07) is 5.03. The van der Waals surface area contributed by atoms with E-state index in [4.69, 9.17) is 9.47 Å². The van der Waals surface area contributed by atoms with Gasteiger partial charge in [0.2, 0.25) is 0 Å². The lowest BCUT2D eigenvalue weighted by molar-refractivity contribution is -0.335. The molecule has 37 heavy (non-hydrogen) atoms. The Labute approximate surface area is 202 Å². The van der Waals surface area contributed by atoms with Crippen LogP contribution in [0.2, 0.25) is 0 Å². The van der Waals surface area contributed by atoms with Crippen molar-refractivity contribution in [3.8, 4) is 23.0 Å². The molecule has 17 heteroatoms. The van der Waals surface area contributed by atoms with Crippen molar-refractivity contribution in [1.29, 1.82) is 0 Å². The van der Waals surface area contributed by atoms with Crippen LogP contribution in [-0.2, 0) is 19.5 Å². The normalized spacial score (nSPS) is 15.4. The average Bonchev–Trinajstić information content (AvgIpc) is 3.07. The van der Waals surface area contributed by atoms with E-state index in [2.05, 4.69) is 9.05 Å². The summed E-state index contributed by atoms with van der Waals surface area (Å²) in [4.78, 5) is 56.7. The summed E-state index contributed by atoms with van der Waals surface area (Å²) in [5.41, 5.74) is -5.81. The van der Waals surface area contributed by atoms with E-state index in [9.17, 15) is 46.7 Å². The first-order valence-corrected chi connectivity index (χ1v) is 12.5. The van der Waals surface area contributed by atoms with Crippen LogP contribution in [0.1, 0.15) is 27.0 Å². The van der Waals surface area contributed by atoms with Gasteiger partial charge in [-0.2, -0.15) is 0 Å². The molecule has 0 fully saturated rings. The maximum atomic E-state index is 15.2. The van der Waals surface area contributed by atoms with Crippen molar-refractivity contribution in [2.75, 3.05) is 0 Å². The van der Waals surface area contributed by atoms with E-state index in [1.807, 2.05) is 0 Å². The van der Waals surface area contributed by atoms with Gasteiger partial charge >= 0.3 is 5.97 Å². The molecule has 5 rings (SSSR count). The molecule has 3 aromatic rings. The lowest BCUT2D eigenvalue weighted by Crippen LogP contribution is -2.34. The van der Waals surface area contributed by atoms with Crippen molar-refractivity contribution >= 4 is 21.6 Å². The molecule has 194 valence electrons. The molecule has 3 aromatic carbocycles. The zero-order chi connectivity index (χ0) is 27.1. The summed E-state index contributed by atoms with van der Waals surface area (Å²) < 4.78 is 99.5. The number of carbonyl (C=O) groups is 1. The highest BCUT2D eigenvalue weighted by Crippen LogP contribution is 2.58. The van der Waals surface area contributed by atoms with E-state index in [1.54, 1.807) is 0 Å². The molecule has 0 aromatic heterocycles. The summed E-state index contributed by atoms with van der Waals surface area (Å²) in [6.07, 6.45) is 0. The van der Waals surface area contributed by atoms with Crippen LogP contribution in [0.3, 0.4) is 0 Å². The monoisotopic (exact) mass is 560 g/mol. The number of benzene rings is 3. The number of carbonyl (C=O) groups excluding carboxylic acids is 1. The Bertz CT molecular complexity index is 1540. The number of esters is 1. The Morgan fingerprint density at radius 1 is 0.730 bits per heavy atom. The first-order chi connectivity index (χ1) is 17.1. The van der Waals surface area contributed by atoms with E-state index in [0.29, 0.717) is 0 Å². The van der Waals surface area contributed by atoms with Gasteiger partial charge in [-0.25, -0.2) is 22.4 Å². The van der Waals surface area contributed by atoms with E-state index < -0.39 is 84.6 Å². The van der Waals surface area contributed by atoms with Crippen molar-refractivity contribution in [3.05, 3.63) is 81.9 Å². The van der Waals surface area contributed by atoms with Gasteiger partial charge in [-0.15, -0.1) is 0 Å². The molecule has 1 spiro atoms. The first-order valence-electron chi connectivity index (χ1n) is 9.62. The molecule has 0 radical (unpaired) electrons. The van der Waals surface area contributed by atoms with Gasteiger partial charge in [-0.05, 0) is 24.3 Å². The summed E-state index contributed by atoms with van der Waals surface area (Å²) in [6.45, 7) is 0. The third-order valence-corrected chi connectivity index (χ3v) is 6.26. The quantitative estimate of drug-likeness (QED) is 0.147. The van der Waals surface area contributed by atoms with Gasteiger partial charge < -0.3 is 47.2 Å². The van der Waals surface area contributed by atoms with Crippen LogP contribution < -0.4 is 33.4 Å². The second-order valence-electron chi connectivity index (χ2n) is 7.57. The SMILES string of the molecule is O=C1OC2(c3ccc(OP(=O)([O-])[O-])cc3Oc3cc(OP(=O)([O-])[O-])ccc32)c2c(F)c(F)c(F)c(F)c21. The molecule has 2 aliphatic heterocycles. The second-order valence-corrected chi connectivity index (χ2v) is 9.73. The molecule has 0 aliphatic carbocycles. The largest absolute Gasteiger partial charge is 0.780 e. The number of phosphoric ester groups is 2. The second kappa shape index (κ2) is 8.02. The number of hydrogen-bond donors (Lipinski definition) is 0. The van der Waals surface area contributed by atoms with Gasteiger partial charge in [-0.3, -0.25) is 0 Å². The highest BCUT2D eigenvalue weighted by molar-refractivity contribution is 7.43. The third-order valence-electron chi connectivity index (χ3n) is 5.39. The molecular formula is C20H6F4O11P2-4. The minimum atomic E-state index is -5.61. The Hall–Kier alpha value is -3.45. The van der Waals surface area contributed by atoms with Gasteiger partial charge in [0.1, 0.15) is 44.2 Å². The van der Waals surface area contributed by atoms with Crippen molar-refractivity contribution in [2.24, 2.45) is 0 Å². The van der Waals surface area contributed by atoms with Crippen LogP contribution in [0.5, 0.6) is 23.0 Å². The van der Waals surface area contributed by atoms with Crippen molar-refractivity contribution in [2.45, 2.75) is 5.60 Å². The molecule has 0 saturated heterocycles. The standard InChI is InChI=1S/C20H10F4O11P2/c21-15-13-14(16(22)18(24)17(15)23)20(33-19(13)25)9-3-1-7(34-36(26,27)28)5-11(9)32-12-6-8(2-4-10(12)20)35-37(29,30)31/h1-6H,(H2,26,27,28)(H2,29,30,31)/p-4. The zero-order valence-electron chi connectivity index (χ0n) is 17.4. The summed E-state index contributed by atoms with van der Waals surface area (Å²) in [5.74, 6) is -12.7. The smallest absolute Gasteiger partial charge is 0.343 e. The Morgan fingerprint density at radius 2 is 1.19 bits per heavy atom. The summed E-state index contributed by atoms with van der Waals surface area (Å²) >= 11 is 0. The fraction of sp³-hybridized carbons (Fsp3) is 0.0500. The Balaban J connectivity index is 1.84. The van der Waals surface area contributed by atoms with Gasteiger partial charge in [0.05, 0.1) is 5.56 Å². The van der Waals surface area contributed by atoms with Crippen molar-refractivity contribution in [3.63, 3.8) is 0 Å². The van der Waals surface area contributed by atoms with Crippen molar-refractivity contribution < 1.29 is 69.6 Å². The fourth-order valence-electron chi connectivity index (χ4n) is 4.17. The lowest BCUT2D eigenvalue weighted by atomic mass is 9.77. The van der Waals surface area contributed by atoms with Gasteiger partial charge in [0.25, 0.3) is 0 Å². The molecule has 0 bridgehead atoms. The molecule has 0 amide bonds. The van der Waals surface area contributed by atoms with E-state index in [0.717, 1.165) is 36.4 Å². The molecular weight excluding hydrogens is 554 g/mol. The molecule has 11 nitrogen and oxygen atoms in total. The van der Waals surface area contributed by atoms with E-state index in [-0.39, 0.29) is 11.1 Å². The van der Waals surface area contributed by atoms with Gasteiger partial charge in [-0.1, -0.05) is 0 Å². The maximum absolute atomic E-state index is 15.2. The summed E-state index contributed by atoms with van der Waals surface area (Å²) in [7, 11) is -11.2. The first kappa shape index (κ1) is 25.2. The van der Waals surface area contributed by atoms with E-state index >= 15 is 4.39 Å². The predicted molar refractivity (Wildman–Crippen MR) is 101 cm³/mol. The van der Waals surface area contributed by atoms with Crippen LogP contribution in [-0.4, -0.2) is 5.97 Å². The maximum Gasteiger partial charge on any atom is 0.343 e. The average molecular weight is 560 g/mol. The zero-order valence-corrected chi connectivity index (χ0v) is 19.1. The number of fused-ring (bicyclic) bond motifs is 6. The topological polar surface area (TPSA) is 180 Å². The third kappa shape index (κ3) is 3.96. The minimum Gasteiger partial charge on any atom is -0.780 e. The van der Waals surface area contributed by atoms with Gasteiger partial charge in [0, 0.05) is 23.3 Å². The number of ether oxygens (including phenoxy) is 2. The van der Waals surface area contributed by atoms with Crippen LogP contribution in [0, 0.1) is 23.3 Å². The minimum absolute atomic E-state index is 0.387. The molecule has 0 saturated carbocycles. The van der Waals surface area contributed by atoms with Gasteiger partial charge in [0.15, 0.2) is 28.9 Å². The Kier molecular flexibility index (Phi) is 5.47. The number of hydrogen-bond acceptors (Lipinski definition) is 11. The Morgan fingerprint density at radius 3 is 1.65 bits per heavy atom. The number of halogens is 4. The molecule has 0 N–H and O–H groups in total. The molecule has 0 unspecified atom stereocenters. The lowest BCUT2D eigenvalue weighted by Gasteiger charge is -2.37. The van der Waals surface area contributed by atoms with Crippen LogP contribution >= 0.6 is 15.6 Å². The summed E-state index contributed by atoms with van der Waals surface area (Å²) in [5, 5.41) is 0. The molecule has 2 heterocycles. The number of phosphoric acid groups is 2. The fourth-order valence-corrected chi connectivity index (χ4v) is 4.91. The predicted octanol–water partition coefficient (Wildman–Crippen LogP) is 1.23. The van der Waals surface area contributed by atoms with Crippen LogP contribution in [0.25, 0.3) is 0 Å². The molecule has 2 aliphatic rings. The van der Waals surface area contributed by atoms with Crippen LogP contribution in [0.4, 0.5) is 17.6 Å².